The standard InChI is InChI=1S/C24H26N2O3/c1-2-3-6-17-9-11-18(12-10-17)13-14-23(27)26-22(24(28)29)15-19-16-25-21-8-5-4-7-20(19)21/h4-5,7-14,16,22,25H,2-3,6,15H2,1H3,(H,26,27)(H,28,29)/t22-/m0/s1. The number of carbonyl (C=O) groups is 2. The molecule has 0 spiro atoms. The van der Waals surface area contributed by atoms with E-state index in [1.807, 2.05) is 36.4 Å². The molecule has 29 heavy (non-hydrogen) atoms. The number of aromatic nitrogens is 1. The number of aryl methyl sites for hydroxylation is 1. The van der Waals surface area contributed by atoms with Crippen LogP contribution < -0.4 is 5.32 Å². The lowest BCUT2D eigenvalue weighted by Crippen LogP contribution is -2.41. The van der Waals surface area contributed by atoms with Gasteiger partial charge in [-0.3, -0.25) is 4.79 Å². The molecule has 0 aliphatic heterocycles. The molecule has 3 rings (SSSR count). The van der Waals surface area contributed by atoms with Gasteiger partial charge < -0.3 is 15.4 Å². The van der Waals surface area contributed by atoms with Crippen molar-refractivity contribution in [3.05, 3.63) is 77.5 Å². The van der Waals surface area contributed by atoms with E-state index in [9.17, 15) is 14.7 Å². The second kappa shape index (κ2) is 9.73. The van der Waals surface area contributed by atoms with Gasteiger partial charge in [-0.2, -0.15) is 0 Å². The van der Waals surface area contributed by atoms with E-state index < -0.39 is 17.9 Å². The Kier molecular flexibility index (Phi) is 6.85. The summed E-state index contributed by atoms with van der Waals surface area (Å²) in [7, 11) is 0. The molecule has 0 saturated carbocycles. The highest BCUT2D eigenvalue weighted by Gasteiger charge is 2.21. The summed E-state index contributed by atoms with van der Waals surface area (Å²) in [5.41, 5.74) is 3.99. The average Bonchev–Trinajstić information content (AvgIpc) is 3.14. The number of rotatable bonds is 9. The van der Waals surface area contributed by atoms with Crippen molar-refractivity contribution in [3.63, 3.8) is 0 Å². The van der Waals surface area contributed by atoms with Gasteiger partial charge in [-0.05, 0) is 41.7 Å². The number of hydrogen-bond donors (Lipinski definition) is 3. The average molecular weight is 390 g/mol. The molecule has 0 aliphatic carbocycles. The minimum atomic E-state index is -1.06. The van der Waals surface area contributed by atoms with Gasteiger partial charge in [-0.1, -0.05) is 55.8 Å². The van der Waals surface area contributed by atoms with Crippen molar-refractivity contribution in [1.29, 1.82) is 0 Å². The first-order valence-corrected chi connectivity index (χ1v) is 9.92. The summed E-state index contributed by atoms with van der Waals surface area (Å²) in [6.07, 6.45) is 8.45. The van der Waals surface area contributed by atoms with Gasteiger partial charge in [-0.15, -0.1) is 0 Å². The number of benzene rings is 2. The van der Waals surface area contributed by atoms with Crippen LogP contribution >= 0.6 is 0 Å². The number of carbonyl (C=O) groups excluding carboxylic acids is 1. The lowest BCUT2D eigenvalue weighted by atomic mass is 10.0. The van der Waals surface area contributed by atoms with Crippen LogP contribution in [0.5, 0.6) is 0 Å². The number of H-pyrrole nitrogens is 1. The summed E-state index contributed by atoms with van der Waals surface area (Å²) in [5.74, 6) is -1.48. The van der Waals surface area contributed by atoms with Crippen LogP contribution in [0.2, 0.25) is 0 Å². The minimum absolute atomic E-state index is 0.213. The normalized spacial score (nSPS) is 12.3. The van der Waals surface area contributed by atoms with Crippen LogP contribution in [-0.4, -0.2) is 28.0 Å². The van der Waals surface area contributed by atoms with Crippen molar-refractivity contribution in [3.8, 4) is 0 Å². The summed E-state index contributed by atoms with van der Waals surface area (Å²) >= 11 is 0. The van der Waals surface area contributed by atoms with Gasteiger partial charge >= 0.3 is 5.97 Å². The molecular formula is C24H26N2O3. The highest BCUT2D eigenvalue weighted by molar-refractivity contribution is 5.94. The molecule has 2 aromatic carbocycles. The van der Waals surface area contributed by atoms with E-state index in [1.165, 1.54) is 11.6 Å². The molecule has 5 nitrogen and oxygen atoms in total. The lowest BCUT2D eigenvalue weighted by molar-refractivity contribution is -0.141. The maximum Gasteiger partial charge on any atom is 0.326 e. The Morgan fingerprint density at radius 3 is 2.62 bits per heavy atom. The highest BCUT2D eigenvalue weighted by Crippen LogP contribution is 2.19. The second-order valence-electron chi connectivity index (χ2n) is 7.14. The SMILES string of the molecule is CCCCc1ccc(C=CC(=O)N[C@@H](Cc2c[nH]c3ccccc23)C(=O)O)cc1. The Hall–Kier alpha value is -3.34. The predicted octanol–water partition coefficient (Wildman–Crippen LogP) is 4.34. The fourth-order valence-corrected chi connectivity index (χ4v) is 3.29. The fourth-order valence-electron chi connectivity index (χ4n) is 3.29. The Labute approximate surface area is 170 Å². The topological polar surface area (TPSA) is 82.2 Å². The molecule has 1 atom stereocenters. The van der Waals surface area contributed by atoms with Crippen LogP contribution in [0.1, 0.15) is 36.5 Å². The van der Waals surface area contributed by atoms with E-state index in [1.54, 1.807) is 12.3 Å². The molecule has 0 unspecified atom stereocenters. The molecule has 150 valence electrons. The van der Waals surface area contributed by atoms with Gasteiger partial charge in [0.05, 0.1) is 0 Å². The first-order chi connectivity index (χ1) is 14.1. The van der Waals surface area contributed by atoms with Crippen molar-refractivity contribution in [1.82, 2.24) is 10.3 Å². The van der Waals surface area contributed by atoms with Gasteiger partial charge in [0, 0.05) is 29.6 Å². The van der Waals surface area contributed by atoms with Crippen molar-refractivity contribution in [2.24, 2.45) is 0 Å². The zero-order chi connectivity index (χ0) is 20.6. The fraction of sp³-hybridized carbons (Fsp3) is 0.250. The van der Waals surface area contributed by atoms with Crippen molar-refractivity contribution in [2.75, 3.05) is 0 Å². The molecule has 0 saturated heterocycles. The zero-order valence-electron chi connectivity index (χ0n) is 16.5. The number of amides is 1. The smallest absolute Gasteiger partial charge is 0.326 e. The molecule has 3 N–H and O–H groups in total. The largest absolute Gasteiger partial charge is 0.480 e. The number of unbranched alkanes of at least 4 members (excludes halogenated alkanes) is 1. The first-order valence-electron chi connectivity index (χ1n) is 9.92. The molecular weight excluding hydrogens is 364 g/mol. The molecule has 0 bridgehead atoms. The van der Waals surface area contributed by atoms with Crippen LogP contribution in [0.25, 0.3) is 17.0 Å². The molecule has 1 heterocycles. The van der Waals surface area contributed by atoms with Crippen molar-refractivity contribution in [2.45, 2.75) is 38.6 Å². The quantitative estimate of drug-likeness (QED) is 0.476. The van der Waals surface area contributed by atoms with Gasteiger partial charge in [0.15, 0.2) is 0 Å². The minimum Gasteiger partial charge on any atom is -0.480 e. The number of aliphatic carboxylic acids is 1. The summed E-state index contributed by atoms with van der Waals surface area (Å²) in [4.78, 5) is 27.0. The zero-order valence-corrected chi connectivity index (χ0v) is 16.5. The number of hydrogen-bond acceptors (Lipinski definition) is 2. The third-order valence-electron chi connectivity index (χ3n) is 4.94. The monoisotopic (exact) mass is 390 g/mol. The van der Waals surface area contributed by atoms with E-state index >= 15 is 0 Å². The van der Waals surface area contributed by atoms with Gasteiger partial charge in [0.2, 0.25) is 5.91 Å². The van der Waals surface area contributed by atoms with Crippen molar-refractivity contribution < 1.29 is 14.7 Å². The van der Waals surface area contributed by atoms with Crippen LogP contribution in [0, 0.1) is 0 Å². The molecule has 3 aromatic rings. The lowest BCUT2D eigenvalue weighted by Gasteiger charge is -2.13. The van der Waals surface area contributed by atoms with Crippen molar-refractivity contribution >= 4 is 28.9 Å². The molecule has 1 aromatic heterocycles. The maximum atomic E-state index is 12.3. The van der Waals surface area contributed by atoms with Crippen LogP contribution in [0.15, 0.2) is 60.8 Å². The number of aromatic amines is 1. The highest BCUT2D eigenvalue weighted by atomic mass is 16.4. The molecule has 0 radical (unpaired) electrons. The Morgan fingerprint density at radius 1 is 1.14 bits per heavy atom. The van der Waals surface area contributed by atoms with E-state index in [0.29, 0.717) is 0 Å². The number of nitrogens with one attached hydrogen (secondary N) is 2. The maximum absolute atomic E-state index is 12.3. The number of fused-ring (bicyclic) bond motifs is 1. The van der Waals surface area contributed by atoms with Crippen LogP contribution in [-0.2, 0) is 22.4 Å². The molecule has 0 aliphatic rings. The summed E-state index contributed by atoms with van der Waals surface area (Å²) in [6.45, 7) is 2.17. The van der Waals surface area contributed by atoms with Gasteiger partial charge in [0.25, 0.3) is 0 Å². The van der Waals surface area contributed by atoms with E-state index in [2.05, 4.69) is 29.4 Å². The van der Waals surface area contributed by atoms with Gasteiger partial charge in [-0.25, -0.2) is 4.79 Å². The third kappa shape index (κ3) is 5.57. The molecule has 1 amide bonds. The molecule has 0 fully saturated rings. The summed E-state index contributed by atoms with van der Waals surface area (Å²) in [5, 5.41) is 13.1. The Balaban J connectivity index is 1.62. The van der Waals surface area contributed by atoms with E-state index in [-0.39, 0.29) is 6.42 Å². The second-order valence-corrected chi connectivity index (χ2v) is 7.14. The predicted molar refractivity (Wildman–Crippen MR) is 116 cm³/mol. The summed E-state index contributed by atoms with van der Waals surface area (Å²) < 4.78 is 0. The number of carboxylic acid groups (broad SMARTS) is 1. The van der Waals surface area contributed by atoms with Crippen LogP contribution in [0.4, 0.5) is 0 Å². The van der Waals surface area contributed by atoms with Gasteiger partial charge in [0.1, 0.15) is 6.04 Å². The molecule has 5 heteroatoms. The number of para-hydroxylation sites is 1. The summed E-state index contributed by atoms with van der Waals surface area (Å²) in [6, 6.07) is 14.8. The van der Waals surface area contributed by atoms with E-state index in [4.69, 9.17) is 0 Å². The third-order valence-corrected chi connectivity index (χ3v) is 4.94. The Bertz CT molecular complexity index is 1000. The first kappa shape index (κ1) is 20.4. The number of carboxylic acids is 1. The Morgan fingerprint density at radius 2 is 1.90 bits per heavy atom. The van der Waals surface area contributed by atoms with E-state index in [0.717, 1.165) is 41.3 Å². The van der Waals surface area contributed by atoms with Crippen LogP contribution in [0.3, 0.4) is 0 Å².